The monoisotopic (exact) mass is 196 g/mol. The third-order valence-electron chi connectivity index (χ3n) is 2.60. The second kappa shape index (κ2) is 4.09. The van der Waals surface area contributed by atoms with Gasteiger partial charge >= 0.3 is 0 Å². The number of rotatable bonds is 3. The molecule has 0 radical (unpaired) electrons. The highest BCUT2D eigenvalue weighted by Gasteiger charge is 2.20. The molecule has 0 fully saturated rings. The van der Waals surface area contributed by atoms with E-state index in [2.05, 4.69) is 35.5 Å². The number of nitrogens with zero attached hydrogens (tertiary/aromatic N) is 3. The van der Waals surface area contributed by atoms with E-state index in [9.17, 15) is 0 Å². The van der Waals surface area contributed by atoms with Crippen LogP contribution in [0.2, 0.25) is 0 Å². The summed E-state index contributed by atoms with van der Waals surface area (Å²) >= 11 is 0. The lowest BCUT2D eigenvalue weighted by Gasteiger charge is -2.19. The van der Waals surface area contributed by atoms with Crippen LogP contribution in [0.25, 0.3) is 0 Å². The summed E-state index contributed by atoms with van der Waals surface area (Å²) in [6.45, 7) is 10.3. The standard InChI is InChI=1S/C10H20N4/c1-6(2)14-9(5)12-13-10(14)7(3)8(4)11/h6-8H,11H2,1-5H3. The highest BCUT2D eigenvalue weighted by atomic mass is 15.3. The van der Waals surface area contributed by atoms with Gasteiger partial charge in [-0.2, -0.15) is 0 Å². The van der Waals surface area contributed by atoms with E-state index < -0.39 is 0 Å². The zero-order chi connectivity index (χ0) is 10.9. The normalized spacial score (nSPS) is 15.9. The van der Waals surface area contributed by atoms with Crippen LogP contribution in [0, 0.1) is 6.92 Å². The van der Waals surface area contributed by atoms with Gasteiger partial charge in [-0.1, -0.05) is 6.92 Å². The Labute approximate surface area is 85.5 Å². The Hall–Kier alpha value is -0.900. The Bertz CT molecular complexity index is 301. The molecule has 0 saturated heterocycles. The van der Waals surface area contributed by atoms with Crippen molar-refractivity contribution in [2.24, 2.45) is 5.73 Å². The predicted molar refractivity (Wildman–Crippen MR) is 57.2 cm³/mol. The molecule has 14 heavy (non-hydrogen) atoms. The summed E-state index contributed by atoms with van der Waals surface area (Å²) < 4.78 is 2.15. The Kier molecular flexibility index (Phi) is 3.26. The maximum atomic E-state index is 5.87. The third-order valence-corrected chi connectivity index (χ3v) is 2.60. The minimum Gasteiger partial charge on any atom is -0.327 e. The number of hydrogen-bond donors (Lipinski definition) is 1. The molecular formula is C10H20N4. The lowest BCUT2D eigenvalue weighted by Crippen LogP contribution is -2.25. The van der Waals surface area contributed by atoms with Crippen molar-refractivity contribution >= 4 is 0 Å². The second-order valence-corrected chi connectivity index (χ2v) is 4.22. The van der Waals surface area contributed by atoms with Crippen LogP contribution >= 0.6 is 0 Å². The number of nitrogens with two attached hydrogens (primary N) is 1. The van der Waals surface area contributed by atoms with E-state index in [4.69, 9.17) is 5.73 Å². The van der Waals surface area contributed by atoms with Gasteiger partial charge in [0.2, 0.25) is 0 Å². The number of aryl methyl sites for hydroxylation is 1. The van der Waals surface area contributed by atoms with Gasteiger partial charge in [-0.05, 0) is 27.7 Å². The first-order chi connectivity index (χ1) is 6.45. The Morgan fingerprint density at radius 2 is 1.71 bits per heavy atom. The van der Waals surface area contributed by atoms with E-state index in [0.717, 1.165) is 11.6 Å². The van der Waals surface area contributed by atoms with Crippen LogP contribution < -0.4 is 5.73 Å². The van der Waals surface area contributed by atoms with Gasteiger partial charge in [-0.15, -0.1) is 10.2 Å². The van der Waals surface area contributed by atoms with Crippen molar-refractivity contribution in [1.82, 2.24) is 14.8 Å². The summed E-state index contributed by atoms with van der Waals surface area (Å²) in [6.07, 6.45) is 0. The van der Waals surface area contributed by atoms with Crippen LogP contribution in [-0.2, 0) is 0 Å². The summed E-state index contributed by atoms with van der Waals surface area (Å²) in [5.41, 5.74) is 5.87. The SMILES string of the molecule is Cc1nnc(C(C)C(C)N)n1C(C)C. The van der Waals surface area contributed by atoms with E-state index in [0.29, 0.717) is 6.04 Å². The number of aromatic nitrogens is 3. The Balaban J connectivity index is 3.09. The van der Waals surface area contributed by atoms with Crippen LogP contribution in [0.5, 0.6) is 0 Å². The quantitative estimate of drug-likeness (QED) is 0.799. The maximum absolute atomic E-state index is 5.87. The van der Waals surface area contributed by atoms with Crippen molar-refractivity contribution in [3.63, 3.8) is 0 Å². The van der Waals surface area contributed by atoms with Gasteiger partial charge < -0.3 is 10.3 Å². The largest absolute Gasteiger partial charge is 0.327 e. The highest BCUT2D eigenvalue weighted by molar-refractivity contribution is 5.03. The Morgan fingerprint density at radius 3 is 2.14 bits per heavy atom. The van der Waals surface area contributed by atoms with Gasteiger partial charge in [0.25, 0.3) is 0 Å². The van der Waals surface area contributed by atoms with Gasteiger partial charge in [-0.25, -0.2) is 0 Å². The molecule has 0 aliphatic heterocycles. The van der Waals surface area contributed by atoms with E-state index in [-0.39, 0.29) is 12.0 Å². The summed E-state index contributed by atoms with van der Waals surface area (Å²) in [6, 6.07) is 0.497. The van der Waals surface area contributed by atoms with Gasteiger partial charge in [0.15, 0.2) is 0 Å². The molecule has 2 atom stereocenters. The van der Waals surface area contributed by atoms with Crippen molar-refractivity contribution in [3.05, 3.63) is 11.6 Å². The maximum Gasteiger partial charge on any atom is 0.137 e. The molecule has 2 N–H and O–H groups in total. The summed E-state index contributed by atoms with van der Waals surface area (Å²) in [5.74, 6) is 2.20. The molecule has 1 aromatic rings. The zero-order valence-electron chi connectivity index (χ0n) is 9.65. The molecule has 1 heterocycles. The lowest BCUT2D eigenvalue weighted by molar-refractivity contribution is 0.496. The Morgan fingerprint density at radius 1 is 1.14 bits per heavy atom. The molecule has 0 aromatic carbocycles. The van der Waals surface area contributed by atoms with Gasteiger partial charge in [0.05, 0.1) is 0 Å². The topological polar surface area (TPSA) is 56.7 Å². The first-order valence-corrected chi connectivity index (χ1v) is 5.12. The van der Waals surface area contributed by atoms with Gasteiger partial charge in [0, 0.05) is 18.0 Å². The molecule has 1 rings (SSSR count). The average Bonchev–Trinajstić information content (AvgIpc) is 2.45. The lowest BCUT2D eigenvalue weighted by atomic mass is 10.0. The van der Waals surface area contributed by atoms with Crippen molar-refractivity contribution in [1.29, 1.82) is 0 Å². The average molecular weight is 196 g/mol. The van der Waals surface area contributed by atoms with Gasteiger partial charge in [0.1, 0.15) is 11.6 Å². The van der Waals surface area contributed by atoms with Crippen LogP contribution in [0.3, 0.4) is 0 Å². The van der Waals surface area contributed by atoms with Crippen molar-refractivity contribution in [2.75, 3.05) is 0 Å². The molecular weight excluding hydrogens is 176 g/mol. The fourth-order valence-corrected chi connectivity index (χ4v) is 1.57. The predicted octanol–water partition coefficient (Wildman–Crippen LogP) is 1.62. The van der Waals surface area contributed by atoms with Crippen molar-refractivity contribution < 1.29 is 0 Å². The van der Waals surface area contributed by atoms with Crippen LogP contribution in [0.15, 0.2) is 0 Å². The molecule has 1 aromatic heterocycles. The minimum atomic E-state index is 0.107. The van der Waals surface area contributed by atoms with Crippen molar-refractivity contribution in [2.45, 2.75) is 52.6 Å². The molecule has 0 saturated carbocycles. The van der Waals surface area contributed by atoms with Crippen LogP contribution in [-0.4, -0.2) is 20.8 Å². The van der Waals surface area contributed by atoms with Crippen LogP contribution in [0.1, 0.15) is 51.3 Å². The second-order valence-electron chi connectivity index (χ2n) is 4.22. The molecule has 4 nitrogen and oxygen atoms in total. The molecule has 0 spiro atoms. The first-order valence-electron chi connectivity index (χ1n) is 5.12. The molecule has 4 heteroatoms. The van der Waals surface area contributed by atoms with Crippen LogP contribution in [0.4, 0.5) is 0 Å². The van der Waals surface area contributed by atoms with E-state index in [1.165, 1.54) is 0 Å². The van der Waals surface area contributed by atoms with E-state index in [1.54, 1.807) is 0 Å². The molecule has 0 bridgehead atoms. The minimum absolute atomic E-state index is 0.107. The summed E-state index contributed by atoms with van der Waals surface area (Å²) in [5, 5.41) is 8.29. The summed E-state index contributed by atoms with van der Waals surface area (Å²) in [4.78, 5) is 0. The molecule has 0 aliphatic carbocycles. The fraction of sp³-hybridized carbons (Fsp3) is 0.800. The smallest absolute Gasteiger partial charge is 0.137 e. The van der Waals surface area contributed by atoms with E-state index in [1.807, 2.05) is 13.8 Å². The highest BCUT2D eigenvalue weighted by Crippen LogP contribution is 2.20. The summed E-state index contributed by atoms with van der Waals surface area (Å²) in [7, 11) is 0. The zero-order valence-corrected chi connectivity index (χ0v) is 9.65. The number of hydrogen-bond acceptors (Lipinski definition) is 3. The third kappa shape index (κ3) is 1.95. The van der Waals surface area contributed by atoms with Gasteiger partial charge in [-0.3, -0.25) is 0 Å². The molecule has 0 amide bonds. The molecule has 0 aliphatic rings. The van der Waals surface area contributed by atoms with E-state index >= 15 is 0 Å². The first kappa shape index (κ1) is 11.2. The van der Waals surface area contributed by atoms with Crippen molar-refractivity contribution in [3.8, 4) is 0 Å². The molecule has 80 valence electrons. The molecule has 2 unspecified atom stereocenters. The fourth-order valence-electron chi connectivity index (χ4n) is 1.57.